The van der Waals surface area contributed by atoms with Crippen LogP contribution in [0.2, 0.25) is 0 Å². The molecule has 0 amide bonds. The van der Waals surface area contributed by atoms with E-state index in [-0.39, 0.29) is 17.9 Å². The number of aldehydes is 1. The van der Waals surface area contributed by atoms with Crippen LogP contribution in [0.3, 0.4) is 0 Å². The Bertz CT molecular complexity index is 962. The first kappa shape index (κ1) is 18.7. The minimum atomic E-state index is -0.405. The third kappa shape index (κ3) is 3.86. The van der Waals surface area contributed by atoms with Crippen molar-refractivity contribution in [2.75, 3.05) is 0 Å². The molecule has 0 unspecified atom stereocenters. The van der Waals surface area contributed by atoms with Crippen molar-refractivity contribution in [3.8, 4) is 22.6 Å². The van der Waals surface area contributed by atoms with Gasteiger partial charge in [-0.25, -0.2) is 0 Å². The highest BCUT2D eigenvalue weighted by Crippen LogP contribution is 2.42. The molecule has 27 heavy (non-hydrogen) atoms. The van der Waals surface area contributed by atoms with Crippen molar-refractivity contribution < 1.29 is 19.7 Å². The molecule has 4 heteroatoms. The number of aromatic hydroxyl groups is 2. The zero-order valence-electron chi connectivity index (χ0n) is 15.4. The lowest BCUT2D eigenvalue weighted by atomic mass is 9.90. The van der Waals surface area contributed by atoms with Gasteiger partial charge in [0.15, 0.2) is 17.8 Å². The van der Waals surface area contributed by atoms with E-state index in [0.717, 1.165) is 16.7 Å². The van der Waals surface area contributed by atoms with Crippen molar-refractivity contribution in [3.63, 3.8) is 0 Å². The van der Waals surface area contributed by atoms with Crippen molar-refractivity contribution >= 4 is 6.29 Å². The highest BCUT2D eigenvalue weighted by Gasteiger charge is 2.22. The molecule has 0 heterocycles. The van der Waals surface area contributed by atoms with Crippen molar-refractivity contribution in [2.24, 2.45) is 0 Å². The molecule has 0 atom stereocenters. The number of phenolic OH excluding ortho intramolecular Hbond substituents is 2. The van der Waals surface area contributed by atoms with Gasteiger partial charge < -0.3 is 14.9 Å². The van der Waals surface area contributed by atoms with Gasteiger partial charge in [-0.2, -0.15) is 0 Å². The molecule has 4 nitrogen and oxygen atoms in total. The molecular weight excluding hydrogens is 340 g/mol. The van der Waals surface area contributed by atoms with E-state index in [1.165, 1.54) is 0 Å². The number of hydrogen-bond acceptors (Lipinski definition) is 4. The Morgan fingerprint density at radius 3 is 2.33 bits per heavy atom. The summed E-state index contributed by atoms with van der Waals surface area (Å²) in [6.07, 6.45) is 0.564. The van der Waals surface area contributed by atoms with Gasteiger partial charge in [-0.05, 0) is 30.5 Å². The van der Waals surface area contributed by atoms with E-state index >= 15 is 0 Å². The van der Waals surface area contributed by atoms with Crippen molar-refractivity contribution in [3.05, 3.63) is 82.4 Å². The fourth-order valence-corrected chi connectivity index (χ4v) is 3.24. The van der Waals surface area contributed by atoms with E-state index in [4.69, 9.17) is 4.74 Å². The van der Waals surface area contributed by atoms with E-state index < -0.39 is 5.75 Å². The summed E-state index contributed by atoms with van der Waals surface area (Å²) in [7, 11) is 0. The van der Waals surface area contributed by atoms with Crippen LogP contribution in [-0.4, -0.2) is 16.5 Å². The molecule has 3 rings (SSSR count). The Hall–Kier alpha value is -3.11. The van der Waals surface area contributed by atoms with Crippen LogP contribution < -0.4 is 0 Å². The first-order valence-corrected chi connectivity index (χ1v) is 8.74. The highest BCUT2D eigenvalue weighted by molar-refractivity contribution is 5.90. The second kappa shape index (κ2) is 8.06. The van der Waals surface area contributed by atoms with Gasteiger partial charge in [0.1, 0.15) is 0 Å². The Morgan fingerprint density at radius 2 is 1.67 bits per heavy atom. The summed E-state index contributed by atoms with van der Waals surface area (Å²) >= 11 is 0. The van der Waals surface area contributed by atoms with Crippen molar-refractivity contribution in [1.82, 2.24) is 0 Å². The second-order valence-electron chi connectivity index (χ2n) is 6.56. The van der Waals surface area contributed by atoms with Crippen LogP contribution in [0.4, 0.5) is 0 Å². The van der Waals surface area contributed by atoms with E-state index in [1.54, 1.807) is 6.92 Å². The second-order valence-corrected chi connectivity index (χ2v) is 6.56. The lowest BCUT2D eigenvalue weighted by Gasteiger charge is -2.19. The monoisotopic (exact) mass is 362 g/mol. The lowest BCUT2D eigenvalue weighted by molar-refractivity contribution is 0.103. The number of carbonyl (C=O) groups excluding carboxylic acids is 1. The molecule has 0 aliphatic carbocycles. The first-order chi connectivity index (χ1) is 13.0. The van der Waals surface area contributed by atoms with Crippen molar-refractivity contribution in [1.29, 1.82) is 0 Å². The van der Waals surface area contributed by atoms with Gasteiger partial charge in [0, 0.05) is 11.1 Å². The third-order valence-corrected chi connectivity index (χ3v) is 4.62. The molecule has 0 bridgehead atoms. The summed E-state index contributed by atoms with van der Waals surface area (Å²) < 4.78 is 5.84. The number of carbonyl (C=O) groups is 1. The van der Waals surface area contributed by atoms with Crippen molar-refractivity contribution in [2.45, 2.75) is 27.1 Å². The van der Waals surface area contributed by atoms with Crippen LogP contribution in [0.1, 0.15) is 32.6 Å². The van der Waals surface area contributed by atoms with Crippen LogP contribution in [0.25, 0.3) is 11.1 Å². The van der Waals surface area contributed by atoms with Gasteiger partial charge in [0.2, 0.25) is 0 Å². The van der Waals surface area contributed by atoms with Crippen LogP contribution >= 0.6 is 0 Å². The van der Waals surface area contributed by atoms with Crippen LogP contribution in [0.15, 0.2) is 54.6 Å². The Labute approximate surface area is 158 Å². The predicted molar refractivity (Wildman–Crippen MR) is 105 cm³/mol. The SMILES string of the molecule is Cc1cccc(-c2c(C)c(O)c(O)c(C=O)c2COCc2ccccc2)c1. The standard InChI is InChI=1S/C23H22O4/c1-15-7-6-10-18(11-15)21-16(2)22(25)23(26)19(12-24)20(21)14-27-13-17-8-4-3-5-9-17/h3-12,25-26H,13-14H2,1-2H3. The summed E-state index contributed by atoms with van der Waals surface area (Å²) in [4.78, 5) is 11.7. The third-order valence-electron chi connectivity index (χ3n) is 4.62. The molecule has 0 fully saturated rings. The Morgan fingerprint density at radius 1 is 0.926 bits per heavy atom. The minimum Gasteiger partial charge on any atom is -0.504 e. The first-order valence-electron chi connectivity index (χ1n) is 8.74. The Balaban J connectivity index is 2.05. The van der Waals surface area contributed by atoms with E-state index in [2.05, 4.69) is 0 Å². The molecular formula is C23H22O4. The molecule has 0 spiro atoms. The number of rotatable bonds is 6. The van der Waals surface area contributed by atoms with E-state index in [9.17, 15) is 15.0 Å². The molecule has 0 radical (unpaired) electrons. The van der Waals surface area contributed by atoms with Gasteiger partial charge in [-0.15, -0.1) is 0 Å². The van der Waals surface area contributed by atoms with Gasteiger partial charge in [0.05, 0.1) is 18.8 Å². The van der Waals surface area contributed by atoms with Crippen LogP contribution in [-0.2, 0) is 18.0 Å². The summed E-state index contributed by atoms with van der Waals surface area (Å²) in [6, 6.07) is 17.5. The molecule has 3 aromatic rings. The summed E-state index contributed by atoms with van der Waals surface area (Å²) in [5.74, 6) is -0.683. The fourth-order valence-electron chi connectivity index (χ4n) is 3.24. The maximum Gasteiger partial charge on any atom is 0.168 e. The lowest BCUT2D eigenvalue weighted by Crippen LogP contribution is -2.04. The molecule has 0 saturated heterocycles. The zero-order chi connectivity index (χ0) is 19.4. The maximum atomic E-state index is 11.7. The molecule has 0 aliphatic rings. The molecule has 2 N–H and O–H groups in total. The normalized spacial score (nSPS) is 10.7. The molecule has 0 aliphatic heterocycles. The van der Waals surface area contributed by atoms with E-state index in [0.29, 0.717) is 29.6 Å². The topological polar surface area (TPSA) is 66.8 Å². The maximum absolute atomic E-state index is 11.7. The number of ether oxygens (including phenoxy) is 1. The van der Waals surface area contributed by atoms with Gasteiger partial charge in [-0.3, -0.25) is 4.79 Å². The van der Waals surface area contributed by atoms with Crippen LogP contribution in [0, 0.1) is 13.8 Å². The zero-order valence-corrected chi connectivity index (χ0v) is 15.4. The van der Waals surface area contributed by atoms with Gasteiger partial charge >= 0.3 is 0 Å². The quantitative estimate of drug-likeness (QED) is 0.483. The molecule has 0 aromatic heterocycles. The largest absolute Gasteiger partial charge is 0.504 e. The van der Waals surface area contributed by atoms with Gasteiger partial charge in [-0.1, -0.05) is 60.2 Å². The average molecular weight is 362 g/mol. The molecule has 138 valence electrons. The minimum absolute atomic E-state index is 0.0580. The summed E-state index contributed by atoms with van der Waals surface area (Å²) in [5, 5.41) is 20.6. The number of benzene rings is 3. The summed E-state index contributed by atoms with van der Waals surface area (Å²) in [6.45, 7) is 4.22. The number of aryl methyl sites for hydroxylation is 1. The summed E-state index contributed by atoms with van der Waals surface area (Å²) in [5.41, 5.74) is 4.79. The average Bonchev–Trinajstić information content (AvgIpc) is 2.67. The smallest absolute Gasteiger partial charge is 0.168 e. The number of hydrogen-bond donors (Lipinski definition) is 2. The number of phenols is 2. The molecule has 0 saturated carbocycles. The predicted octanol–water partition coefficient (Wildman–Crippen LogP) is 4.91. The van der Waals surface area contributed by atoms with Crippen LogP contribution in [0.5, 0.6) is 11.5 Å². The Kier molecular flexibility index (Phi) is 5.57. The molecule has 3 aromatic carbocycles. The highest BCUT2D eigenvalue weighted by atomic mass is 16.5. The van der Waals surface area contributed by atoms with Gasteiger partial charge in [0.25, 0.3) is 0 Å². The van der Waals surface area contributed by atoms with E-state index in [1.807, 2.05) is 61.5 Å². The fraction of sp³-hybridized carbons (Fsp3) is 0.174.